The summed E-state index contributed by atoms with van der Waals surface area (Å²) in [6, 6.07) is 21.7. The molecule has 0 spiro atoms. The minimum Gasteiger partial charge on any atom is -0.507 e. The van der Waals surface area contributed by atoms with E-state index >= 15 is 0 Å². The van der Waals surface area contributed by atoms with Crippen LogP contribution in [0.3, 0.4) is 0 Å². The number of nitrogens with zero attached hydrogens (tertiary/aromatic N) is 2. The van der Waals surface area contributed by atoms with E-state index in [1.807, 2.05) is 62.4 Å². The van der Waals surface area contributed by atoms with E-state index in [1.54, 1.807) is 24.3 Å². The number of aliphatic hydroxyl groups is 1. The molecule has 0 bridgehead atoms. The predicted octanol–water partition coefficient (Wildman–Crippen LogP) is 5.30. The van der Waals surface area contributed by atoms with Gasteiger partial charge in [-0.05, 0) is 38.1 Å². The molecule has 0 unspecified atom stereocenters. The Labute approximate surface area is 191 Å². The lowest BCUT2D eigenvalue weighted by Gasteiger charge is -2.05. The molecule has 0 atom stereocenters. The van der Waals surface area contributed by atoms with Crippen LogP contribution in [0.15, 0.2) is 82.7 Å². The maximum atomic E-state index is 12.8. The van der Waals surface area contributed by atoms with Crippen molar-refractivity contribution in [1.29, 1.82) is 0 Å². The molecule has 5 nitrogen and oxygen atoms in total. The van der Waals surface area contributed by atoms with Gasteiger partial charge in [0.2, 0.25) is 0 Å². The van der Waals surface area contributed by atoms with Crippen molar-refractivity contribution in [2.24, 2.45) is 4.99 Å². The first-order valence-electron chi connectivity index (χ1n) is 9.99. The molecule has 32 heavy (non-hydrogen) atoms. The third kappa shape index (κ3) is 4.95. The van der Waals surface area contributed by atoms with Crippen molar-refractivity contribution in [2.45, 2.75) is 18.7 Å². The number of aromatic nitrogens is 1. The van der Waals surface area contributed by atoms with Crippen LogP contribution in [0.2, 0.25) is 0 Å². The Kier molecular flexibility index (Phi) is 6.21. The summed E-state index contributed by atoms with van der Waals surface area (Å²) in [6.07, 6.45) is 1.53. The lowest BCUT2D eigenvalue weighted by atomic mass is 10.1. The normalized spacial score (nSPS) is 12.9. The van der Waals surface area contributed by atoms with Gasteiger partial charge in [-0.3, -0.25) is 4.99 Å². The average Bonchev–Trinajstić information content (AvgIpc) is 2.78. The van der Waals surface area contributed by atoms with Gasteiger partial charge in [-0.1, -0.05) is 59.7 Å². The van der Waals surface area contributed by atoms with Gasteiger partial charge in [-0.15, -0.1) is 11.3 Å². The Morgan fingerprint density at radius 1 is 0.969 bits per heavy atom. The Morgan fingerprint density at radius 3 is 2.28 bits per heavy atom. The highest BCUT2D eigenvalue weighted by molar-refractivity contribution is 7.91. The molecule has 0 saturated carbocycles. The van der Waals surface area contributed by atoms with Crippen molar-refractivity contribution < 1.29 is 13.5 Å². The summed E-state index contributed by atoms with van der Waals surface area (Å²) in [7, 11) is -3.60. The van der Waals surface area contributed by atoms with Gasteiger partial charge in [0, 0.05) is 11.6 Å². The van der Waals surface area contributed by atoms with Gasteiger partial charge < -0.3 is 5.11 Å². The molecule has 3 aromatic carbocycles. The average molecular weight is 463 g/mol. The van der Waals surface area contributed by atoms with E-state index in [2.05, 4.69) is 9.98 Å². The maximum Gasteiger partial charge on any atom is 0.198 e. The monoisotopic (exact) mass is 462 g/mol. The second-order valence-corrected chi connectivity index (χ2v) is 10.5. The molecule has 0 radical (unpaired) electrons. The zero-order valence-electron chi connectivity index (χ0n) is 17.7. The zero-order chi connectivity index (χ0) is 22.7. The highest BCUT2D eigenvalue weighted by Gasteiger charge is 2.14. The Balaban J connectivity index is 1.79. The van der Waals surface area contributed by atoms with Crippen LogP contribution < -0.4 is 4.67 Å². The second kappa shape index (κ2) is 9.06. The van der Waals surface area contributed by atoms with Crippen LogP contribution in [0, 0.1) is 13.8 Å². The summed E-state index contributed by atoms with van der Waals surface area (Å²) in [5.41, 5.74) is 3.89. The minimum absolute atomic E-state index is 0.0397. The summed E-state index contributed by atoms with van der Waals surface area (Å²) in [5.74, 6) is -0.364. The molecule has 162 valence electrons. The second-order valence-electron chi connectivity index (χ2n) is 7.48. The number of hydrogen-bond acceptors (Lipinski definition) is 6. The topological polar surface area (TPSA) is 79.6 Å². The van der Waals surface area contributed by atoms with Crippen LogP contribution in [-0.4, -0.2) is 24.4 Å². The van der Waals surface area contributed by atoms with Crippen LogP contribution in [0.25, 0.3) is 22.1 Å². The van der Waals surface area contributed by atoms with Crippen molar-refractivity contribution >= 4 is 43.2 Å². The molecule has 0 aliphatic rings. The van der Waals surface area contributed by atoms with E-state index in [4.69, 9.17) is 0 Å². The molecule has 0 fully saturated rings. The van der Waals surface area contributed by atoms with Gasteiger partial charge in [-0.2, -0.15) is 0 Å². The van der Waals surface area contributed by atoms with Crippen LogP contribution in [0.4, 0.5) is 0 Å². The van der Waals surface area contributed by atoms with Crippen LogP contribution >= 0.6 is 11.3 Å². The van der Waals surface area contributed by atoms with E-state index < -0.39 is 15.7 Å². The highest BCUT2D eigenvalue weighted by atomic mass is 32.2. The van der Waals surface area contributed by atoms with Gasteiger partial charge in [0.15, 0.2) is 9.84 Å². The van der Waals surface area contributed by atoms with E-state index in [1.165, 1.54) is 17.4 Å². The van der Waals surface area contributed by atoms with Crippen molar-refractivity contribution in [3.8, 4) is 0 Å². The Hall–Kier alpha value is -3.29. The summed E-state index contributed by atoms with van der Waals surface area (Å²) < 4.78 is 26.9. The summed E-state index contributed by atoms with van der Waals surface area (Å²) in [4.78, 5) is 9.26. The van der Waals surface area contributed by atoms with Gasteiger partial charge in [0.25, 0.3) is 0 Å². The first-order chi connectivity index (χ1) is 15.3. The quantitative estimate of drug-likeness (QED) is 0.408. The van der Waals surface area contributed by atoms with Crippen LogP contribution in [-0.2, 0) is 9.84 Å². The smallest absolute Gasteiger partial charge is 0.198 e. The fourth-order valence-corrected chi connectivity index (χ4v) is 5.07. The van der Waals surface area contributed by atoms with Crippen LogP contribution in [0.5, 0.6) is 0 Å². The number of aryl methyl sites for hydroxylation is 2. The first-order valence-corrected chi connectivity index (χ1v) is 12.5. The SMILES string of the molecule is Cc1ccc(/C(O)=C/c2nc3ccccc3sc2=NCS(=O)(=O)c2ccc(C)cc2)cc1. The molecule has 1 N–H and O–H groups in total. The molecule has 7 heteroatoms. The summed E-state index contributed by atoms with van der Waals surface area (Å²) >= 11 is 1.34. The molecule has 4 rings (SSSR count). The summed E-state index contributed by atoms with van der Waals surface area (Å²) in [6.45, 7) is 3.88. The highest BCUT2D eigenvalue weighted by Crippen LogP contribution is 2.19. The molecule has 1 heterocycles. The zero-order valence-corrected chi connectivity index (χ0v) is 19.3. The van der Waals surface area contributed by atoms with Gasteiger partial charge in [0.1, 0.15) is 22.0 Å². The summed E-state index contributed by atoms with van der Waals surface area (Å²) in [5, 5.41) is 10.7. The van der Waals surface area contributed by atoms with E-state index in [0.717, 1.165) is 21.3 Å². The number of benzene rings is 3. The molecule has 0 amide bonds. The Morgan fingerprint density at radius 2 is 1.59 bits per heavy atom. The third-order valence-corrected chi connectivity index (χ3v) is 7.47. The van der Waals surface area contributed by atoms with Gasteiger partial charge in [-0.25, -0.2) is 13.4 Å². The Bertz CT molecular complexity index is 1470. The number of fused-ring (bicyclic) bond motifs is 1. The first kappa shape index (κ1) is 21.9. The number of sulfone groups is 1. The van der Waals surface area contributed by atoms with Gasteiger partial charge in [0.05, 0.1) is 15.1 Å². The van der Waals surface area contributed by atoms with Gasteiger partial charge >= 0.3 is 0 Å². The molecule has 0 aliphatic heterocycles. The van der Waals surface area contributed by atoms with Crippen molar-refractivity contribution in [3.05, 3.63) is 99.9 Å². The molecule has 1 aromatic heterocycles. The molecule has 0 aliphatic carbocycles. The minimum atomic E-state index is -3.60. The fraction of sp³-hybridized carbons (Fsp3) is 0.120. The number of rotatable bonds is 5. The van der Waals surface area contributed by atoms with Crippen molar-refractivity contribution in [1.82, 2.24) is 4.98 Å². The van der Waals surface area contributed by atoms with Crippen molar-refractivity contribution in [3.63, 3.8) is 0 Å². The fourth-order valence-electron chi connectivity index (χ4n) is 3.08. The van der Waals surface area contributed by atoms with Crippen LogP contribution in [0.1, 0.15) is 22.4 Å². The third-order valence-electron chi connectivity index (χ3n) is 4.91. The molecule has 4 aromatic rings. The number of para-hydroxylation sites is 1. The number of hydrogen-bond donors (Lipinski definition) is 1. The predicted molar refractivity (Wildman–Crippen MR) is 130 cm³/mol. The van der Waals surface area contributed by atoms with E-state index in [-0.39, 0.29) is 10.7 Å². The maximum absolute atomic E-state index is 12.8. The molecule has 0 saturated heterocycles. The lowest BCUT2D eigenvalue weighted by Crippen LogP contribution is -2.12. The van der Waals surface area contributed by atoms with E-state index in [0.29, 0.717) is 15.9 Å². The number of aliphatic hydroxyl groups excluding tert-OH is 1. The van der Waals surface area contributed by atoms with Crippen molar-refractivity contribution in [2.75, 3.05) is 5.88 Å². The standard InChI is InChI=1S/C25H22N2O3S2/c1-17-7-11-19(12-8-17)23(28)15-22-25(31-24-6-4-3-5-21(24)27-22)26-16-32(29,30)20-13-9-18(2)10-14-20/h3-15,28H,16H2,1-2H3/b23-15-,26-25?. The van der Waals surface area contributed by atoms with E-state index in [9.17, 15) is 13.5 Å². The lowest BCUT2D eigenvalue weighted by molar-refractivity contribution is 0.515. The largest absolute Gasteiger partial charge is 0.507 e. The molecular formula is C25H22N2O3S2. The molecular weight excluding hydrogens is 440 g/mol.